The van der Waals surface area contributed by atoms with E-state index in [0.717, 1.165) is 0 Å². The highest BCUT2D eigenvalue weighted by atomic mass is 16.6. The lowest BCUT2D eigenvalue weighted by Crippen LogP contribution is -2.44. The molecule has 0 unspecified atom stereocenters. The molecule has 1 aromatic heterocycles. The number of hydrogen-bond acceptors (Lipinski definition) is 7. The zero-order chi connectivity index (χ0) is 24.7. The molecule has 9 heteroatoms. The number of anilines is 1. The van der Waals surface area contributed by atoms with Crippen molar-refractivity contribution in [2.75, 3.05) is 11.4 Å². The summed E-state index contributed by atoms with van der Waals surface area (Å²) in [4.78, 5) is 42.3. The second-order valence-corrected chi connectivity index (χ2v) is 9.83. The summed E-state index contributed by atoms with van der Waals surface area (Å²) in [7, 11) is 0. The second-order valence-electron chi connectivity index (χ2n) is 9.83. The highest BCUT2D eigenvalue weighted by Gasteiger charge is 2.34. The van der Waals surface area contributed by atoms with Crippen molar-refractivity contribution in [2.24, 2.45) is 0 Å². The molecule has 0 atom stereocenters. The van der Waals surface area contributed by atoms with Crippen molar-refractivity contribution >= 4 is 24.1 Å². The Kier molecular flexibility index (Phi) is 8.66. The third-order valence-electron chi connectivity index (χ3n) is 3.09. The van der Waals surface area contributed by atoms with Crippen LogP contribution in [-0.4, -0.2) is 46.6 Å². The van der Waals surface area contributed by atoms with E-state index in [2.05, 4.69) is 22.1 Å². The van der Waals surface area contributed by atoms with Crippen LogP contribution in [0.3, 0.4) is 0 Å². The minimum Gasteiger partial charge on any atom is -0.444 e. The fraction of sp³-hybridized carbons (Fsp3) is 0.565. The minimum atomic E-state index is -0.944. The van der Waals surface area contributed by atoms with E-state index in [1.54, 1.807) is 74.4 Å². The summed E-state index contributed by atoms with van der Waals surface area (Å²) in [6.45, 7) is 15.3. The molecule has 0 aliphatic rings. The molecule has 0 aliphatic carbocycles. The molecular formula is C23H33N3O6. The van der Waals surface area contributed by atoms with E-state index in [1.807, 2.05) is 0 Å². The van der Waals surface area contributed by atoms with Crippen molar-refractivity contribution in [1.82, 2.24) is 10.3 Å². The Hall–Kier alpha value is -3.28. The molecule has 0 saturated heterocycles. The van der Waals surface area contributed by atoms with Gasteiger partial charge in [0.2, 0.25) is 0 Å². The second kappa shape index (κ2) is 10.4. The third kappa shape index (κ3) is 10.2. The Morgan fingerprint density at radius 1 is 0.906 bits per heavy atom. The topological polar surface area (TPSA) is 107 Å². The monoisotopic (exact) mass is 447 g/mol. The molecule has 0 aliphatic heterocycles. The Labute approximate surface area is 189 Å². The lowest BCUT2D eigenvalue weighted by Gasteiger charge is -2.28. The number of amides is 3. The molecule has 0 fully saturated rings. The first-order valence-corrected chi connectivity index (χ1v) is 10.2. The van der Waals surface area contributed by atoms with Crippen molar-refractivity contribution in [1.29, 1.82) is 0 Å². The number of alkyl carbamates (subject to hydrolysis) is 1. The molecule has 1 aromatic rings. The van der Waals surface area contributed by atoms with Gasteiger partial charge >= 0.3 is 18.3 Å². The first kappa shape index (κ1) is 26.8. The van der Waals surface area contributed by atoms with Crippen LogP contribution in [0.1, 0.15) is 67.9 Å². The van der Waals surface area contributed by atoms with Gasteiger partial charge in [0.05, 0.1) is 12.1 Å². The van der Waals surface area contributed by atoms with Crippen molar-refractivity contribution in [3.05, 3.63) is 23.9 Å². The highest BCUT2D eigenvalue weighted by molar-refractivity contribution is 6.09. The predicted molar refractivity (Wildman–Crippen MR) is 120 cm³/mol. The van der Waals surface area contributed by atoms with E-state index in [1.165, 1.54) is 6.20 Å². The van der Waals surface area contributed by atoms with Gasteiger partial charge in [0.25, 0.3) is 0 Å². The van der Waals surface area contributed by atoms with Crippen LogP contribution in [0.15, 0.2) is 18.3 Å². The Balaban J connectivity index is 3.19. The van der Waals surface area contributed by atoms with E-state index in [9.17, 15) is 14.4 Å². The molecule has 0 spiro atoms. The zero-order valence-electron chi connectivity index (χ0n) is 20.3. The van der Waals surface area contributed by atoms with Gasteiger partial charge < -0.3 is 19.5 Å². The Bertz CT molecular complexity index is 867. The number of aromatic nitrogens is 1. The van der Waals surface area contributed by atoms with Crippen molar-refractivity contribution in [3.8, 4) is 11.8 Å². The largest absolute Gasteiger partial charge is 0.444 e. The summed E-state index contributed by atoms with van der Waals surface area (Å²) < 4.78 is 15.9. The van der Waals surface area contributed by atoms with Crippen LogP contribution in [0.25, 0.3) is 0 Å². The minimum absolute atomic E-state index is 0.0118. The average molecular weight is 448 g/mol. The van der Waals surface area contributed by atoms with Crippen LogP contribution < -0.4 is 10.2 Å². The van der Waals surface area contributed by atoms with Gasteiger partial charge in [-0.25, -0.2) is 19.4 Å². The van der Waals surface area contributed by atoms with E-state index in [0.29, 0.717) is 4.90 Å². The van der Waals surface area contributed by atoms with Crippen molar-refractivity contribution in [2.45, 2.75) is 79.1 Å². The molecule has 1 N–H and O–H groups in total. The summed E-state index contributed by atoms with van der Waals surface area (Å²) in [5.41, 5.74) is -2.06. The molecule has 0 aromatic carbocycles. The molecule has 176 valence electrons. The third-order valence-corrected chi connectivity index (χ3v) is 3.09. The summed E-state index contributed by atoms with van der Waals surface area (Å²) in [6, 6.07) is 3.20. The van der Waals surface area contributed by atoms with Crippen LogP contribution in [-0.2, 0) is 14.2 Å². The number of ether oxygens (including phenoxy) is 3. The molecule has 9 nitrogen and oxygen atoms in total. The van der Waals surface area contributed by atoms with Gasteiger partial charge in [0, 0.05) is 6.20 Å². The summed E-state index contributed by atoms with van der Waals surface area (Å²) in [5, 5.41) is 2.51. The lowest BCUT2D eigenvalue weighted by atomic mass is 10.2. The smallest absolute Gasteiger partial charge is 0.425 e. The Morgan fingerprint density at radius 2 is 1.41 bits per heavy atom. The first-order chi connectivity index (χ1) is 14.5. The van der Waals surface area contributed by atoms with Crippen LogP contribution in [0.4, 0.5) is 20.2 Å². The molecule has 0 bridgehead atoms. The van der Waals surface area contributed by atoms with E-state index >= 15 is 0 Å². The highest BCUT2D eigenvalue weighted by Crippen LogP contribution is 2.22. The maximum atomic E-state index is 12.8. The van der Waals surface area contributed by atoms with Gasteiger partial charge in [-0.1, -0.05) is 11.8 Å². The van der Waals surface area contributed by atoms with Gasteiger partial charge in [-0.15, -0.1) is 0 Å². The number of pyridine rings is 1. The average Bonchev–Trinajstić information content (AvgIpc) is 2.55. The number of rotatable bonds is 2. The normalized spacial score (nSPS) is 11.5. The van der Waals surface area contributed by atoms with Gasteiger partial charge in [0.1, 0.15) is 16.8 Å². The number of imide groups is 1. The van der Waals surface area contributed by atoms with Crippen LogP contribution in [0.2, 0.25) is 0 Å². The van der Waals surface area contributed by atoms with Crippen LogP contribution >= 0.6 is 0 Å². The molecule has 32 heavy (non-hydrogen) atoms. The standard InChI is InChI=1S/C23H33N3O6/c1-21(2,3)30-18(27)25-15-11-13-16-12-10-14-24-17(16)26(19(28)31-22(4,5)6)20(29)32-23(7,8)9/h10,12,14H,15H2,1-9H3,(H,25,27). The number of nitrogens with zero attached hydrogens (tertiary/aromatic N) is 2. The van der Waals surface area contributed by atoms with Crippen LogP contribution in [0, 0.1) is 11.8 Å². The molecule has 1 rings (SSSR count). The quantitative estimate of drug-likeness (QED) is 0.520. The molecule has 1 heterocycles. The first-order valence-electron chi connectivity index (χ1n) is 10.2. The SMILES string of the molecule is CC(C)(C)OC(=O)NCC#Cc1cccnc1N(C(=O)OC(C)(C)C)C(=O)OC(C)(C)C. The number of carbonyl (C=O) groups excluding carboxylic acids is 3. The van der Waals surface area contributed by atoms with Gasteiger partial charge in [0.15, 0.2) is 5.82 Å². The van der Waals surface area contributed by atoms with Gasteiger partial charge in [-0.3, -0.25) is 0 Å². The maximum Gasteiger partial charge on any atom is 0.425 e. The maximum absolute atomic E-state index is 12.8. The summed E-state index contributed by atoms with van der Waals surface area (Å²) in [6.07, 6.45) is -1.08. The van der Waals surface area contributed by atoms with Gasteiger partial charge in [-0.05, 0) is 74.4 Å². The predicted octanol–water partition coefficient (Wildman–Crippen LogP) is 4.63. The molecule has 0 radical (unpaired) electrons. The fourth-order valence-corrected chi connectivity index (χ4v) is 2.11. The van der Waals surface area contributed by atoms with Crippen LogP contribution in [0.5, 0.6) is 0 Å². The lowest BCUT2D eigenvalue weighted by molar-refractivity contribution is 0.0426. The van der Waals surface area contributed by atoms with Crippen molar-refractivity contribution < 1.29 is 28.6 Å². The van der Waals surface area contributed by atoms with E-state index in [4.69, 9.17) is 14.2 Å². The number of hydrogen-bond donors (Lipinski definition) is 1. The summed E-state index contributed by atoms with van der Waals surface area (Å²) >= 11 is 0. The van der Waals surface area contributed by atoms with E-state index < -0.39 is 35.1 Å². The molecular weight excluding hydrogens is 414 g/mol. The fourth-order valence-electron chi connectivity index (χ4n) is 2.11. The Morgan fingerprint density at radius 3 is 1.88 bits per heavy atom. The molecule has 0 saturated carbocycles. The molecule has 3 amide bonds. The number of carbonyl (C=O) groups is 3. The van der Waals surface area contributed by atoms with Crippen molar-refractivity contribution in [3.63, 3.8) is 0 Å². The van der Waals surface area contributed by atoms with Gasteiger partial charge in [-0.2, -0.15) is 4.90 Å². The van der Waals surface area contributed by atoms with E-state index in [-0.39, 0.29) is 17.9 Å². The zero-order valence-corrected chi connectivity index (χ0v) is 20.3. The number of nitrogens with one attached hydrogen (secondary N) is 1. The summed E-state index contributed by atoms with van der Waals surface area (Å²) in [5.74, 6) is 5.52.